The van der Waals surface area contributed by atoms with Crippen molar-refractivity contribution in [3.8, 4) is 0 Å². The maximum Gasteiger partial charge on any atom is 0.168 e. The molecule has 1 aliphatic heterocycles. The highest BCUT2D eigenvalue weighted by atomic mass is 16.1. The lowest BCUT2D eigenvalue weighted by molar-refractivity contribution is 0.0967. The largest absolute Gasteiger partial charge is 0.353 e. The number of carbonyl (C=O) groups is 1. The van der Waals surface area contributed by atoms with Gasteiger partial charge in [0.2, 0.25) is 0 Å². The molecule has 0 amide bonds. The van der Waals surface area contributed by atoms with Crippen molar-refractivity contribution in [3.05, 3.63) is 23.9 Å². The summed E-state index contributed by atoms with van der Waals surface area (Å²) in [6.07, 6.45) is 2.36. The van der Waals surface area contributed by atoms with Crippen LogP contribution < -0.4 is 4.90 Å². The number of nitrogens with zero attached hydrogens (tertiary/aromatic N) is 2. The Bertz CT molecular complexity index is 401. The smallest absolute Gasteiger partial charge is 0.168 e. The summed E-state index contributed by atoms with van der Waals surface area (Å²) in [4.78, 5) is 18.5. The number of pyridine rings is 1. The van der Waals surface area contributed by atoms with Gasteiger partial charge in [0.05, 0.1) is 5.56 Å². The first-order valence-corrected chi connectivity index (χ1v) is 5.84. The predicted octanol–water partition coefficient (Wildman–Crippen LogP) is 2.52. The van der Waals surface area contributed by atoms with Gasteiger partial charge in [0, 0.05) is 25.2 Å². The Kier molecular flexibility index (Phi) is 2.95. The van der Waals surface area contributed by atoms with Crippen molar-refractivity contribution < 1.29 is 4.79 Å². The van der Waals surface area contributed by atoms with Crippen molar-refractivity contribution in [2.24, 2.45) is 5.92 Å². The van der Waals surface area contributed by atoms with Crippen molar-refractivity contribution in [1.29, 1.82) is 0 Å². The lowest BCUT2D eigenvalue weighted by Gasteiger charge is -2.36. The number of aromatic nitrogens is 1. The highest BCUT2D eigenvalue weighted by Gasteiger charge is 2.29. The Hall–Kier alpha value is -1.38. The molecule has 1 aliphatic rings. The van der Waals surface area contributed by atoms with E-state index in [2.05, 4.69) is 30.7 Å². The van der Waals surface area contributed by atoms with Gasteiger partial charge < -0.3 is 4.90 Å². The van der Waals surface area contributed by atoms with E-state index < -0.39 is 0 Å². The van der Waals surface area contributed by atoms with E-state index in [0.29, 0.717) is 12.3 Å². The van der Waals surface area contributed by atoms with Crippen LogP contribution >= 0.6 is 0 Å². The van der Waals surface area contributed by atoms with Gasteiger partial charge in [0.15, 0.2) is 5.78 Å². The second kappa shape index (κ2) is 4.24. The zero-order chi connectivity index (χ0) is 11.7. The molecule has 1 atom stereocenters. The van der Waals surface area contributed by atoms with Crippen LogP contribution in [0.1, 0.15) is 37.6 Å². The molecule has 3 heteroatoms. The van der Waals surface area contributed by atoms with Gasteiger partial charge in [0.1, 0.15) is 5.82 Å². The SMILES string of the molecule is CC(C)CN1c2ncccc2C(=O)CC1C. The number of fused-ring (bicyclic) bond motifs is 1. The van der Waals surface area contributed by atoms with Gasteiger partial charge in [-0.2, -0.15) is 0 Å². The average Bonchev–Trinajstić information content (AvgIpc) is 2.24. The van der Waals surface area contributed by atoms with Gasteiger partial charge >= 0.3 is 0 Å². The summed E-state index contributed by atoms with van der Waals surface area (Å²) in [5.74, 6) is 1.65. The summed E-state index contributed by atoms with van der Waals surface area (Å²) in [5, 5.41) is 0. The summed E-state index contributed by atoms with van der Waals surface area (Å²) in [7, 11) is 0. The van der Waals surface area contributed by atoms with Gasteiger partial charge in [0.25, 0.3) is 0 Å². The number of ketones is 1. The van der Waals surface area contributed by atoms with Crippen LogP contribution in [-0.2, 0) is 0 Å². The van der Waals surface area contributed by atoms with Crippen molar-refractivity contribution in [2.75, 3.05) is 11.4 Å². The molecule has 0 radical (unpaired) electrons. The number of hydrogen-bond acceptors (Lipinski definition) is 3. The second-order valence-electron chi connectivity index (χ2n) is 4.90. The molecule has 1 unspecified atom stereocenters. The molecule has 2 heterocycles. The van der Waals surface area contributed by atoms with Gasteiger partial charge in [-0.3, -0.25) is 4.79 Å². The molecule has 0 saturated carbocycles. The fourth-order valence-corrected chi connectivity index (χ4v) is 2.20. The van der Waals surface area contributed by atoms with Crippen LogP contribution in [0.2, 0.25) is 0 Å². The topological polar surface area (TPSA) is 33.2 Å². The summed E-state index contributed by atoms with van der Waals surface area (Å²) < 4.78 is 0. The maximum absolute atomic E-state index is 11.9. The van der Waals surface area contributed by atoms with E-state index in [1.807, 2.05) is 12.1 Å². The Morgan fingerprint density at radius 2 is 2.31 bits per heavy atom. The quantitative estimate of drug-likeness (QED) is 0.764. The zero-order valence-electron chi connectivity index (χ0n) is 10.1. The fourth-order valence-electron chi connectivity index (χ4n) is 2.20. The molecule has 1 aromatic rings. The van der Waals surface area contributed by atoms with Crippen LogP contribution in [0.3, 0.4) is 0 Å². The van der Waals surface area contributed by atoms with E-state index in [-0.39, 0.29) is 11.8 Å². The molecule has 86 valence electrons. The number of rotatable bonds is 2. The third-order valence-corrected chi connectivity index (χ3v) is 2.93. The van der Waals surface area contributed by atoms with E-state index in [4.69, 9.17) is 0 Å². The van der Waals surface area contributed by atoms with E-state index in [1.54, 1.807) is 6.20 Å². The number of Topliss-reactive ketones (excluding diaryl/α,β-unsaturated/α-hetero) is 1. The molecule has 16 heavy (non-hydrogen) atoms. The van der Waals surface area contributed by atoms with Gasteiger partial charge in [-0.15, -0.1) is 0 Å². The first-order valence-electron chi connectivity index (χ1n) is 5.84. The standard InChI is InChI=1S/C13H18N2O/c1-9(2)8-15-10(3)7-12(16)11-5-4-6-14-13(11)15/h4-6,9-10H,7-8H2,1-3H3. The summed E-state index contributed by atoms with van der Waals surface area (Å²) in [6, 6.07) is 3.97. The van der Waals surface area contributed by atoms with Crippen LogP contribution in [0.4, 0.5) is 5.82 Å². The average molecular weight is 218 g/mol. The zero-order valence-corrected chi connectivity index (χ0v) is 10.1. The minimum Gasteiger partial charge on any atom is -0.353 e. The third kappa shape index (κ3) is 1.94. The van der Waals surface area contributed by atoms with Crippen molar-refractivity contribution in [3.63, 3.8) is 0 Å². The Morgan fingerprint density at radius 1 is 1.56 bits per heavy atom. The minimum atomic E-state index is 0.218. The van der Waals surface area contributed by atoms with E-state index in [1.165, 1.54) is 0 Å². The normalized spacial score (nSPS) is 20.1. The van der Waals surface area contributed by atoms with E-state index in [9.17, 15) is 4.79 Å². The molecule has 0 bridgehead atoms. The monoisotopic (exact) mass is 218 g/mol. The van der Waals surface area contributed by atoms with Crippen LogP contribution in [0.25, 0.3) is 0 Å². The number of carbonyl (C=O) groups excluding carboxylic acids is 1. The lowest BCUT2D eigenvalue weighted by Crippen LogP contribution is -2.42. The summed E-state index contributed by atoms with van der Waals surface area (Å²) >= 11 is 0. The number of anilines is 1. The fraction of sp³-hybridized carbons (Fsp3) is 0.538. The molecule has 0 N–H and O–H groups in total. The molecule has 0 saturated heterocycles. The Morgan fingerprint density at radius 3 is 3.00 bits per heavy atom. The van der Waals surface area contributed by atoms with Gasteiger partial charge in [-0.1, -0.05) is 13.8 Å². The summed E-state index contributed by atoms with van der Waals surface area (Å²) in [6.45, 7) is 7.42. The predicted molar refractivity (Wildman–Crippen MR) is 64.8 cm³/mol. The van der Waals surface area contributed by atoms with Crippen LogP contribution in [0, 0.1) is 5.92 Å². The lowest BCUT2D eigenvalue weighted by atomic mass is 9.97. The first kappa shape index (κ1) is 11.1. The maximum atomic E-state index is 11.9. The van der Waals surface area contributed by atoms with Crippen LogP contribution in [-0.4, -0.2) is 23.4 Å². The highest BCUT2D eigenvalue weighted by molar-refractivity contribution is 6.02. The minimum absolute atomic E-state index is 0.218. The third-order valence-electron chi connectivity index (χ3n) is 2.93. The van der Waals surface area contributed by atoms with Gasteiger partial charge in [-0.25, -0.2) is 4.98 Å². The highest BCUT2D eigenvalue weighted by Crippen LogP contribution is 2.28. The molecule has 0 aliphatic carbocycles. The Balaban J connectivity index is 2.39. The van der Waals surface area contributed by atoms with Gasteiger partial charge in [-0.05, 0) is 25.0 Å². The molecule has 0 fully saturated rings. The van der Waals surface area contributed by atoms with E-state index >= 15 is 0 Å². The van der Waals surface area contributed by atoms with Crippen LogP contribution in [0.5, 0.6) is 0 Å². The van der Waals surface area contributed by atoms with Crippen LogP contribution in [0.15, 0.2) is 18.3 Å². The molecule has 2 rings (SSSR count). The first-order chi connectivity index (χ1) is 7.59. The molecule has 1 aromatic heterocycles. The molecular formula is C13H18N2O. The summed E-state index contributed by atoms with van der Waals surface area (Å²) in [5.41, 5.74) is 0.779. The molecule has 0 spiro atoms. The molecular weight excluding hydrogens is 200 g/mol. The van der Waals surface area contributed by atoms with Crippen molar-refractivity contribution in [2.45, 2.75) is 33.2 Å². The van der Waals surface area contributed by atoms with Crippen molar-refractivity contribution in [1.82, 2.24) is 4.98 Å². The Labute approximate surface area is 96.5 Å². The van der Waals surface area contributed by atoms with E-state index in [0.717, 1.165) is 17.9 Å². The second-order valence-corrected chi connectivity index (χ2v) is 4.90. The van der Waals surface area contributed by atoms with Crippen molar-refractivity contribution >= 4 is 11.6 Å². The molecule has 0 aromatic carbocycles. The number of hydrogen-bond donors (Lipinski definition) is 0. The molecule has 3 nitrogen and oxygen atoms in total.